The van der Waals surface area contributed by atoms with E-state index in [9.17, 15) is 9.90 Å². The van der Waals surface area contributed by atoms with Crippen molar-refractivity contribution in [2.45, 2.75) is 12.5 Å². The third kappa shape index (κ3) is 2.80. The Morgan fingerprint density at radius 2 is 2.41 bits per heavy atom. The Bertz CT molecular complexity index is 683. The van der Waals surface area contributed by atoms with E-state index in [1.54, 1.807) is 4.90 Å². The summed E-state index contributed by atoms with van der Waals surface area (Å²) in [7, 11) is 0. The molecule has 7 heteroatoms. The Hall–Kier alpha value is -2.41. The van der Waals surface area contributed by atoms with E-state index < -0.39 is 0 Å². The SMILES string of the molecule is C=CC(=O)N1CC(CO)CC(Nc2ncnc3[nH]ccc23)C1. The molecule has 2 unspecified atom stereocenters. The Morgan fingerprint density at radius 3 is 3.18 bits per heavy atom. The van der Waals surface area contributed by atoms with Crippen molar-refractivity contribution in [3.05, 3.63) is 31.2 Å². The van der Waals surface area contributed by atoms with E-state index in [0.717, 1.165) is 23.3 Å². The van der Waals surface area contributed by atoms with Crippen LogP contribution < -0.4 is 5.32 Å². The molecule has 0 bridgehead atoms. The number of piperidine rings is 1. The first kappa shape index (κ1) is 14.5. The van der Waals surface area contributed by atoms with Gasteiger partial charge in [0.05, 0.1) is 5.39 Å². The third-order valence-electron chi connectivity index (χ3n) is 3.98. The van der Waals surface area contributed by atoms with E-state index >= 15 is 0 Å². The molecule has 22 heavy (non-hydrogen) atoms. The average Bonchev–Trinajstić information content (AvgIpc) is 3.03. The molecule has 116 valence electrons. The van der Waals surface area contributed by atoms with E-state index in [1.807, 2.05) is 12.3 Å². The number of rotatable bonds is 4. The van der Waals surface area contributed by atoms with Gasteiger partial charge in [-0.1, -0.05) is 6.58 Å². The molecule has 3 heterocycles. The second-order valence-corrected chi connectivity index (χ2v) is 5.54. The molecule has 0 aromatic carbocycles. The van der Waals surface area contributed by atoms with Crippen molar-refractivity contribution in [1.82, 2.24) is 19.9 Å². The maximum atomic E-state index is 11.9. The molecule has 7 nitrogen and oxygen atoms in total. The summed E-state index contributed by atoms with van der Waals surface area (Å²) >= 11 is 0. The van der Waals surface area contributed by atoms with Crippen LogP contribution in [-0.2, 0) is 4.79 Å². The number of likely N-dealkylation sites (tertiary alicyclic amines) is 1. The Kier molecular flexibility index (Phi) is 4.06. The van der Waals surface area contributed by atoms with Crippen LogP contribution in [0.1, 0.15) is 6.42 Å². The summed E-state index contributed by atoms with van der Waals surface area (Å²) in [6, 6.07) is 1.94. The van der Waals surface area contributed by atoms with E-state index in [-0.39, 0.29) is 24.5 Å². The van der Waals surface area contributed by atoms with Crippen molar-refractivity contribution in [2.75, 3.05) is 25.0 Å². The maximum Gasteiger partial charge on any atom is 0.246 e. The molecule has 1 fully saturated rings. The number of aromatic amines is 1. The van der Waals surface area contributed by atoms with Crippen LogP contribution in [0.25, 0.3) is 11.0 Å². The minimum Gasteiger partial charge on any atom is -0.396 e. The summed E-state index contributed by atoms with van der Waals surface area (Å²) in [4.78, 5) is 25.1. The van der Waals surface area contributed by atoms with E-state index in [1.165, 1.54) is 12.4 Å². The summed E-state index contributed by atoms with van der Waals surface area (Å²) in [5.41, 5.74) is 0.769. The number of anilines is 1. The molecule has 2 atom stereocenters. The standard InChI is InChI=1S/C15H19N5O2/c1-2-13(22)20-6-10(8-21)5-11(7-20)19-15-12-3-4-16-14(12)17-9-18-15/h2-4,9-11,21H,1,5-8H2,(H2,16,17,18,19). The van der Waals surface area contributed by atoms with Crippen molar-refractivity contribution in [3.8, 4) is 0 Å². The molecule has 1 amide bonds. The van der Waals surface area contributed by atoms with Gasteiger partial charge in [0.1, 0.15) is 17.8 Å². The van der Waals surface area contributed by atoms with Crippen LogP contribution in [0.2, 0.25) is 0 Å². The van der Waals surface area contributed by atoms with Crippen LogP contribution in [0.4, 0.5) is 5.82 Å². The highest BCUT2D eigenvalue weighted by atomic mass is 16.3. The van der Waals surface area contributed by atoms with Crippen molar-refractivity contribution in [3.63, 3.8) is 0 Å². The first-order valence-corrected chi connectivity index (χ1v) is 7.28. The van der Waals surface area contributed by atoms with Crippen molar-refractivity contribution in [2.24, 2.45) is 5.92 Å². The van der Waals surface area contributed by atoms with Crippen LogP contribution in [0.15, 0.2) is 31.2 Å². The fraction of sp³-hybridized carbons (Fsp3) is 0.400. The molecule has 2 aromatic heterocycles. The summed E-state index contributed by atoms with van der Waals surface area (Å²) in [6.07, 6.45) is 5.41. The monoisotopic (exact) mass is 301 g/mol. The molecule has 1 saturated heterocycles. The quantitative estimate of drug-likeness (QED) is 0.725. The Morgan fingerprint density at radius 1 is 1.55 bits per heavy atom. The predicted octanol–water partition coefficient (Wildman–Crippen LogP) is 0.765. The smallest absolute Gasteiger partial charge is 0.246 e. The molecule has 0 aliphatic carbocycles. The maximum absolute atomic E-state index is 11.9. The number of aliphatic hydroxyl groups is 1. The van der Waals surface area contributed by atoms with Gasteiger partial charge in [-0.3, -0.25) is 4.79 Å². The summed E-state index contributed by atoms with van der Waals surface area (Å²) in [5, 5.41) is 13.7. The van der Waals surface area contributed by atoms with Crippen LogP contribution in [0.5, 0.6) is 0 Å². The summed E-state index contributed by atoms with van der Waals surface area (Å²) in [6.45, 7) is 4.71. The lowest BCUT2D eigenvalue weighted by Crippen LogP contribution is -2.49. The largest absolute Gasteiger partial charge is 0.396 e. The van der Waals surface area contributed by atoms with E-state index in [2.05, 4.69) is 26.8 Å². The van der Waals surface area contributed by atoms with E-state index in [0.29, 0.717) is 13.1 Å². The van der Waals surface area contributed by atoms with Crippen LogP contribution in [0.3, 0.4) is 0 Å². The van der Waals surface area contributed by atoms with Gasteiger partial charge in [0, 0.05) is 37.9 Å². The first-order chi connectivity index (χ1) is 10.7. The zero-order valence-corrected chi connectivity index (χ0v) is 12.2. The lowest BCUT2D eigenvalue weighted by Gasteiger charge is -2.37. The third-order valence-corrected chi connectivity index (χ3v) is 3.98. The number of nitrogens with one attached hydrogen (secondary N) is 2. The van der Waals surface area contributed by atoms with Gasteiger partial charge in [-0.05, 0) is 18.6 Å². The fourth-order valence-corrected chi connectivity index (χ4v) is 2.93. The highest BCUT2D eigenvalue weighted by Crippen LogP contribution is 2.23. The average molecular weight is 301 g/mol. The van der Waals surface area contributed by atoms with E-state index in [4.69, 9.17) is 0 Å². The van der Waals surface area contributed by atoms with Crippen molar-refractivity contribution >= 4 is 22.8 Å². The van der Waals surface area contributed by atoms with Gasteiger partial charge in [0.25, 0.3) is 0 Å². The number of carbonyl (C=O) groups is 1. The zero-order chi connectivity index (χ0) is 15.5. The summed E-state index contributed by atoms with van der Waals surface area (Å²) < 4.78 is 0. The lowest BCUT2D eigenvalue weighted by atomic mass is 9.94. The van der Waals surface area contributed by atoms with Gasteiger partial charge in [-0.2, -0.15) is 0 Å². The number of fused-ring (bicyclic) bond motifs is 1. The molecule has 0 spiro atoms. The van der Waals surface area contributed by atoms with Crippen LogP contribution >= 0.6 is 0 Å². The molecule has 1 aliphatic heterocycles. The second-order valence-electron chi connectivity index (χ2n) is 5.54. The predicted molar refractivity (Wildman–Crippen MR) is 83.3 cm³/mol. The number of H-pyrrole nitrogens is 1. The molecule has 3 rings (SSSR count). The Balaban J connectivity index is 1.79. The zero-order valence-electron chi connectivity index (χ0n) is 12.2. The molecule has 1 aliphatic rings. The number of aromatic nitrogens is 3. The van der Waals surface area contributed by atoms with Gasteiger partial charge in [0.2, 0.25) is 5.91 Å². The summed E-state index contributed by atoms with van der Waals surface area (Å²) in [5.74, 6) is 0.680. The fourth-order valence-electron chi connectivity index (χ4n) is 2.93. The highest BCUT2D eigenvalue weighted by molar-refractivity contribution is 5.88. The van der Waals surface area contributed by atoms with Gasteiger partial charge in [0.15, 0.2) is 0 Å². The van der Waals surface area contributed by atoms with Gasteiger partial charge in [-0.25, -0.2) is 9.97 Å². The van der Waals surface area contributed by atoms with Gasteiger partial charge >= 0.3 is 0 Å². The number of nitrogens with zero attached hydrogens (tertiary/aromatic N) is 3. The van der Waals surface area contributed by atoms with Gasteiger partial charge in [-0.15, -0.1) is 0 Å². The number of carbonyl (C=O) groups excluding carboxylic acids is 1. The van der Waals surface area contributed by atoms with Crippen molar-refractivity contribution < 1.29 is 9.90 Å². The number of amides is 1. The normalized spacial score (nSPS) is 21.8. The van der Waals surface area contributed by atoms with Crippen LogP contribution in [-0.4, -0.2) is 56.6 Å². The lowest BCUT2D eigenvalue weighted by molar-refractivity contribution is -0.128. The molecular formula is C15H19N5O2. The van der Waals surface area contributed by atoms with Crippen LogP contribution in [0, 0.1) is 5.92 Å². The number of hydrogen-bond acceptors (Lipinski definition) is 5. The minimum atomic E-state index is -0.112. The van der Waals surface area contributed by atoms with Gasteiger partial charge < -0.3 is 20.3 Å². The molecule has 3 N–H and O–H groups in total. The van der Waals surface area contributed by atoms with Crippen molar-refractivity contribution in [1.29, 1.82) is 0 Å². The first-order valence-electron chi connectivity index (χ1n) is 7.28. The molecule has 0 saturated carbocycles. The number of hydrogen-bond donors (Lipinski definition) is 3. The Labute approximate surface area is 128 Å². The number of aliphatic hydroxyl groups excluding tert-OH is 1. The minimum absolute atomic E-state index is 0.0304. The topological polar surface area (TPSA) is 94.1 Å². The second kappa shape index (κ2) is 6.15. The molecular weight excluding hydrogens is 282 g/mol. The molecule has 2 aromatic rings. The highest BCUT2D eigenvalue weighted by Gasteiger charge is 2.29. The molecule has 0 radical (unpaired) electrons.